The monoisotopic (exact) mass is 517 g/mol. The van der Waals surface area contributed by atoms with Gasteiger partial charge in [-0.05, 0) is 49.4 Å². The van der Waals surface area contributed by atoms with Crippen LogP contribution in [0.2, 0.25) is 0 Å². The maximum absolute atomic E-state index is 13.7. The van der Waals surface area contributed by atoms with Gasteiger partial charge < -0.3 is 15.0 Å². The van der Waals surface area contributed by atoms with Gasteiger partial charge in [-0.2, -0.15) is 0 Å². The summed E-state index contributed by atoms with van der Waals surface area (Å²) in [6, 6.07) is 14.1. The Kier molecular flexibility index (Phi) is 11.2. The molecule has 2 aromatic carbocycles. The molecule has 0 saturated heterocycles. The van der Waals surface area contributed by atoms with E-state index in [1.807, 2.05) is 57.2 Å². The van der Waals surface area contributed by atoms with Gasteiger partial charge in [0.15, 0.2) is 0 Å². The third-order valence-electron chi connectivity index (χ3n) is 5.98. The number of hydrogen-bond donors (Lipinski definition) is 1. The smallest absolute Gasteiger partial charge is 0.244 e. The zero-order chi connectivity index (χ0) is 26.7. The van der Waals surface area contributed by atoms with Crippen LogP contribution >= 0.6 is 0 Å². The van der Waals surface area contributed by atoms with Crippen LogP contribution in [-0.4, -0.2) is 64.2 Å². The van der Waals surface area contributed by atoms with E-state index in [9.17, 15) is 18.0 Å². The first-order valence-electron chi connectivity index (χ1n) is 12.4. The van der Waals surface area contributed by atoms with Crippen LogP contribution in [0.15, 0.2) is 48.5 Å². The zero-order valence-corrected chi connectivity index (χ0v) is 22.8. The van der Waals surface area contributed by atoms with Crippen LogP contribution in [0.5, 0.6) is 5.75 Å². The first kappa shape index (κ1) is 29.2. The zero-order valence-electron chi connectivity index (χ0n) is 22.0. The highest BCUT2D eigenvalue weighted by atomic mass is 32.2. The fourth-order valence-corrected chi connectivity index (χ4v) is 4.84. The van der Waals surface area contributed by atoms with E-state index < -0.39 is 28.5 Å². The van der Waals surface area contributed by atoms with Gasteiger partial charge >= 0.3 is 0 Å². The standard InChI is InChI=1S/C27H39N3O5S/c1-6-8-17-28-27(32)23(7-2)29(18-16-22-12-10-9-11-13-22)26(31)20-30(36(5,33)34)24-19-21(3)14-15-25(24)35-4/h9-15,19,23H,6-8,16-18,20H2,1-5H3,(H,28,32)/t23-/m1/s1. The summed E-state index contributed by atoms with van der Waals surface area (Å²) < 4.78 is 32.1. The Bertz CT molecular complexity index is 1110. The molecule has 8 nitrogen and oxygen atoms in total. The molecule has 198 valence electrons. The van der Waals surface area contributed by atoms with Crippen molar-refractivity contribution in [1.29, 1.82) is 0 Å². The minimum absolute atomic E-state index is 0.230. The van der Waals surface area contributed by atoms with Crippen LogP contribution in [0, 0.1) is 6.92 Å². The van der Waals surface area contributed by atoms with Crippen LogP contribution in [-0.2, 0) is 26.0 Å². The van der Waals surface area contributed by atoms with Crippen molar-refractivity contribution < 1.29 is 22.7 Å². The fraction of sp³-hybridized carbons (Fsp3) is 0.481. The van der Waals surface area contributed by atoms with E-state index in [4.69, 9.17) is 4.74 Å². The summed E-state index contributed by atoms with van der Waals surface area (Å²) in [6.45, 7) is 6.11. The van der Waals surface area contributed by atoms with Crippen molar-refractivity contribution in [3.63, 3.8) is 0 Å². The molecule has 9 heteroatoms. The molecular formula is C27H39N3O5S. The maximum Gasteiger partial charge on any atom is 0.244 e. The third-order valence-corrected chi connectivity index (χ3v) is 7.11. The average molecular weight is 518 g/mol. The van der Waals surface area contributed by atoms with Crippen molar-refractivity contribution in [1.82, 2.24) is 10.2 Å². The molecule has 2 aromatic rings. The molecule has 0 heterocycles. The number of anilines is 1. The Balaban J connectivity index is 2.40. The van der Waals surface area contributed by atoms with Gasteiger partial charge in [-0.25, -0.2) is 8.42 Å². The lowest BCUT2D eigenvalue weighted by Crippen LogP contribution is -2.53. The lowest BCUT2D eigenvalue weighted by Gasteiger charge is -2.33. The highest BCUT2D eigenvalue weighted by molar-refractivity contribution is 7.92. The molecule has 0 unspecified atom stereocenters. The molecule has 2 amide bonds. The van der Waals surface area contributed by atoms with Crippen molar-refractivity contribution in [2.75, 3.05) is 37.3 Å². The van der Waals surface area contributed by atoms with Crippen molar-refractivity contribution >= 4 is 27.5 Å². The molecule has 0 bridgehead atoms. The largest absolute Gasteiger partial charge is 0.495 e. The Morgan fingerprint density at radius 1 is 1.08 bits per heavy atom. The number of carbonyl (C=O) groups is 2. The van der Waals surface area contributed by atoms with E-state index in [0.717, 1.165) is 34.5 Å². The number of nitrogens with one attached hydrogen (secondary N) is 1. The molecule has 0 aliphatic carbocycles. The number of benzene rings is 2. The number of rotatable bonds is 14. The number of amides is 2. The van der Waals surface area contributed by atoms with Gasteiger partial charge in [-0.3, -0.25) is 13.9 Å². The number of aryl methyl sites for hydroxylation is 1. The van der Waals surface area contributed by atoms with Gasteiger partial charge in [0, 0.05) is 13.1 Å². The molecule has 0 saturated carbocycles. The molecule has 0 spiro atoms. The molecule has 0 aliphatic rings. The minimum Gasteiger partial charge on any atom is -0.495 e. The Morgan fingerprint density at radius 2 is 1.78 bits per heavy atom. The molecule has 0 radical (unpaired) electrons. The number of sulfonamides is 1. The highest BCUT2D eigenvalue weighted by Gasteiger charge is 2.32. The summed E-state index contributed by atoms with van der Waals surface area (Å²) in [5.74, 6) is -0.331. The predicted octanol–water partition coefficient (Wildman–Crippen LogP) is 3.54. The number of carbonyl (C=O) groups excluding carboxylic acids is 2. The normalized spacial score (nSPS) is 12.0. The molecule has 1 N–H and O–H groups in total. The summed E-state index contributed by atoms with van der Waals surface area (Å²) in [7, 11) is -2.37. The van der Waals surface area contributed by atoms with Crippen LogP contribution in [0.25, 0.3) is 0 Å². The third kappa shape index (κ3) is 8.26. The number of unbranched alkanes of at least 4 members (excludes halogenated alkanes) is 1. The van der Waals surface area contributed by atoms with E-state index in [1.165, 1.54) is 12.0 Å². The van der Waals surface area contributed by atoms with E-state index in [0.29, 0.717) is 25.1 Å². The molecule has 36 heavy (non-hydrogen) atoms. The quantitative estimate of drug-likeness (QED) is 0.387. The lowest BCUT2D eigenvalue weighted by atomic mass is 10.1. The fourth-order valence-electron chi connectivity index (χ4n) is 3.99. The number of hydrogen-bond acceptors (Lipinski definition) is 5. The first-order chi connectivity index (χ1) is 17.1. The molecule has 0 fully saturated rings. The average Bonchev–Trinajstić information content (AvgIpc) is 2.84. The van der Waals surface area contributed by atoms with Crippen LogP contribution < -0.4 is 14.4 Å². The van der Waals surface area contributed by atoms with Crippen LogP contribution in [0.1, 0.15) is 44.2 Å². The number of nitrogens with zero attached hydrogens (tertiary/aromatic N) is 2. The number of ether oxygens (including phenoxy) is 1. The Labute approximate surface area is 215 Å². The summed E-state index contributed by atoms with van der Waals surface area (Å²) in [6.07, 6.45) is 3.79. The minimum atomic E-state index is -3.83. The van der Waals surface area contributed by atoms with Crippen molar-refractivity contribution in [2.45, 2.75) is 52.5 Å². The van der Waals surface area contributed by atoms with Gasteiger partial charge in [0.1, 0.15) is 18.3 Å². The molecule has 1 atom stereocenters. The van der Waals surface area contributed by atoms with E-state index >= 15 is 0 Å². The first-order valence-corrected chi connectivity index (χ1v) is 14.2. The summed E-state index contributed by atoms with van der Waals surface area (Å²) in [5, 5.41) is 2.92. The summed E-state index contributed by atoms with van der Waals surface area (Å²) in [5.41, 5.74) is 2.14. The van der Waals surface area contributed by atoms with Crippen molar-refractivity contribution in [2.24, 2.45) is 0 Å². The molecule has 2 rings (SSSR count). The van der Waals surface area contributed by atoms with Crippen LogP contribution in [0.4, 0.5) is 5.69 Å². The summed E-state index contributed by atoms with van der Waals surface area (Å²) >= 11 is 0. The van der Waals surface area contributed by atoms with E-state index in [-0.39, 0.29) is 18.1 Å². The molecular weight excluding hydrogens is 478 g/mol. The predicted molar refractivity (Wildman–Crippen MR) is 144 cm³/mol. The Morgan fingerprint density at radius 3 is 2.36 bits per heavy atom. The molecule has 0 aromatic heterocycles. The second-order valence-electron chi connectivity index (χ2n) is 8.84. The van der Waals surface area contributed by atoms with Crippen LogP contribution in [0.3, 0.4) is 0 Å². The van der Waals surface area contributed by atoms with Gasteiger partial charge in [0.05, 0.1) is 19.1 Å². The maximum atomic E-state index is 13.7. The lowest BCUT2D eigenvalue weighted by molar-refractivity contribution is -0.139. The number of methoxy groups -OCH3 is 1. The summed E-state index contributed by atoms with van der Waals surface area (Å²) in [4.78, 5) is 28.3. The molecule has 0 aliphatic heterocycles. The second kappa shape index (κ2) is 13.9. The van der Waals surface area contributed by atoms with Gasteiger partial charge in [0.25, 0.3) is 0 Å². The van der Waals surface area contributed by atoms with Crippen molar-refractivity contribution in [3.05, 3.63) is 59.7 Å². The van der Waals surface area contributed by atoms with Gasteiger partial charge in [0.2, 0.25) is 21.8 Å². The Hall–Kier alpha value is -3.07. The second-order valence-corrected chi connectivity index (χ2v) is 10.7. The van der Waals surface area contributed by atoms with Crippen molar-refractivity contribution in [3.8, 4) is 5.75 Å². The van der Waals surface area contributed by atoms with E-state index in [2.05, 4.69) is 5.32 Å². The van der Waals surface area contributed by atoms with Gasteiger partial charge in [-0.1, -0.05) is 56.7 Å². The highest BCUT2D eigenvalue weighted by Crippen LogP contribution is 2.31. The van der Waals surface area contributed by atoms with E-state index in [1.54, 1.807) is 12.1 Å². The van der Waals surface area contributed by atoms with Gasteiger partial charge in [-0.15, -0.1) is 0 Å². The topological polar surface area (TPSA) is 96.0 Å². The SMILES string of the molecule is CCCCNC(=O)[C@@H](CC)N(CCc1ccccc1)C(=O)CN(c1cc(C)ccc1OC)S(C)(=O)=O.